The number of hydrogen-bond acceptors (Lipinski definition) is 6. The number of halogens is 2. The Labute approximate surface area is 185 Å². The van der Waals surface area contributed by atoms with Gasteiger partial charge < -0.3 is 19.7 Å². The Morgan fingerprint density at radius 2 is 2.23 bits per heavy atom. The second-order valence-electron chi connectivity index (χ2n) is 6.79. The number of carbonyl (C=O) groups excluding carboxylic acids is 1. The minimum atomic E-state index is -1.20. The molecule has 0 aliphatic carbocycles. The maximum atomic E-state index is 13.8. The standard InChI is InChI=1S/C20H19BrFN5O4/c1-12(5-6-31-17-8-15(22)14(21)7-13(17)20(29)30)9-27-10-24-26-19(27)16-3-2-4-18(25-16)23-11-28/h2-4,7-8,10-12H,5-6,9H2,1H3,(H,29,30)(H,23,25,28). The van der Waals surface area contributed by atoms with Crippen LogP contribution >= 0.6 is 15.9 Å². The third-order valence-electron chi connectivity index (χ3n) is 4.43. The van der Waals surface area contributed by atoms with Gasteiger partial charge in [-0.2, -0.15) is 0 Å². The van der Waals surface area contributed by atoms with Gasteiger partial charge in [0.05, 0.1) is 11.1 Å². The fourth-order valence-corrected chi connectivity index (χ4v) is 3.24. The third-order valence-corrected chi connectivity index (χ3v) is 5.04. The normalized spacial score (nSPS) is 11.7. The minimum Gasteiger partial charge on any atom is -0.493 e. The van der Waals surface area contributed by atoms with Gasteiger partial charge in [-0.05, 0) is 46.5 Å². The number of anilines is 1. The van der Waals surface area contributed by atoms with Crippen LogP contribution in [0.3, 0.4) is 0 Å². The summed E-state index contributed by atoms with van der Waals surface area (Å²) in [5.41, 5.74) is 0.446. The van der Waals surface area contributed by atoms with E-state index < -0.39 is 11.8 Å². The summed E-state index contributed by atoms with van der Waals surface area (Å²) in [4.78, 5) is 26.3. The lowest BCUT2D eigenvalue weighted by Gasteiger charge is -2.15. The van der Waals surface area contributed by atoms with Crippen molar-refractivity contribution in [3.8, 4) is 17.3 Å². The molecule has 3 aromatic rings. The van der Waals surface area contributed by atoms with Gasteiger partial charge in [0.15, 0.2) is 5.82 Å². The van der Waals surface area contributed by atoms with E-state index in [9.17, 15) is 19.1 Å². The summed E-state index contributed by atoms with van der Waals surface area (Å²) >= 11 is 2.98. The molecule has 2 heterocycles. The molecule has 11 heteroatoms. The summed E-state index contributed by atoms with van der Waals surface area (Å²) in [6, 6.07) is 7.42. The van der Waals surface area contributed by atoms with Gasteiger partial charge in [0.2, 0.25) is 6.41 Å². The van der Waals surface area contributed by atoms with E-state index in [1.54, 1.807) is 24.5 Å². The molecular formula is C20H19BrFN5O4. The molecular weight excluding hydrogens is 473 g/mol. The number of aromatic nitrogens is 4. The van der Waals surface area contributed by atoms with Crippen molar-refractivity contribution in [1.82, 2.24) is 19.7 Å². The fraction of sp³-hybridized carbons (Fsp3) is 0.250. The topological polar surface area (TPSA) is 119 Å². The second kappa shape index (κ2) is 10.1. The van der Waals surface area contributed by atoms with Crippen LogP contribution < -0.4 is 10.1 Å². The Kier molecular flexibility index (Phi) is 7.29. The molecule has 2 aromatic heterocycles. The van der Waals surface area contributed by atoms with Crippen LogP contribution in [-0.2, 0) is 11.3 Å². The van der Waals surface area contributed by atoms with Crippen molar-refractivity contribution in [3.63, 3.8) is 0 Å². The zero-order valence-electron chi connectivity index (χ0n) is 16.5. The molecule has 0 saturated carbocycles. The van der Waals surface area contributed by atoms with Gasteiger partial charge >= 0.3 is 5.97 Å². The predicted octanol–water partition coefficient (Wildman–Crippen LogP) is 3.61. The highest BCUT2D eigenvalue weighted by Gasteiger charge is 2.17. The van der Waals surface area contributed by atoms with E-state index in [2.05, 4.69) is 36.4 Å². The lowest BCUT2D eigenvalue weighted by Crippen LogP contribution is -2.13. The maximum Gasteiger partial charge on any atom is 0.339 e. The van der Waals surface area contributed by atoms with Crippen LogP contribution in [0, 0.1) is 11.7 Å². The third kappa shape index (κ3) is 5.63. The van der Waals surface area contributed by atoms with Gasteiger partial charge in [-0.25, -0.2) is 14.2 Å². The van der Waals surface area contributed by atoms with Crippen LogP contribution in [0.15, 0.2) is 41.1 Å². The first-order chi connectivity index (χ1) is 14.9. The molecule has 0 saturated heterocycles. The van der Waals surface area contributed by atoms with Gasteiger partial charge in [0.1, 0.15) is 35.0 Å². The first-order valence-corrected chi connectivity index (χ1v) is 10.1. The molecule has 1 aromatic carbocycles. The molecule has 162 valence electrons. The number of ether oxygens (including phenoxy) is 1. The monoisotopic (exact) mass is 491 g/mol. The summed E-state index contributed by atoms with van der Waals surface area (Å²) in [5.74, 6) is -0.753. The fourth-order valence-electron chi connectivity index (χ4n) is 2.90. The van der Waals surface area contributed by atoms with Crippen molar-refractivity contribution < 1.29 is 23.8 Å². The molecule has 0 aliphatic heterocycles. The van der Waals surface area contributed by atoms with Gasteiger partial charge in [0, 0.05) is 12.6 Å². The molecule has 0 aliphatic rings. The highest BCUT2D eigenvalue weighted by Crippen LogP contribution is 2.27. The molecule has 3 rings (SSSR count). The van der Waals surface area contributed by atoms with Gasteiger partial charge in [-0.15, -0.1) is 10.2 Å². The van der Waals surface area contributed by atoms with Crippen molar-refractivity contribution in [3.05, 3.63) is 52.5 Å². The molecule has 1 unspecified atom stereocenters. The highest BCUT2D eigenvalue weighted by atomic mass is 79.9. The molecule has 1 amide bonds. The van der Waals surface area contributed by atoms with E-state index in [0.29, 0.717) is 36.7 Å². The van der Waals surface area contributed by atoms with Crippen molar-refractivity contribution in [1.29, 1.82) is 0 Å². The van der Waals surface area contributed by atoms with Crippen LogP contribution in [0.5, 0.6) is 5.75 Å². The Bertz CT molecular complexity index is 1090. The first kappa shape index (κ1) is 22.3. The summed E-state index contributed by atoms with van der Waals surface area (Å²) in [6.07, 6.45) is 2.71. The van der Waals surface area contributed by atoms with Gasteiger partial charge in [-0.1, -0.05) is 13.0 Å². The van der Waals surface area contributed by atoms with Gasteiger partial charge in [0.25, 0.3) is 0 Å². The molecule has 2 N–H and O–H groups in total. The van der Waals surface area contributed by atoms with E-state index >= 15 is 0 Å². The number of amides is 1. The van der Waals surface area contributed by atoms with Crippen LogP contribution in [0.4, 0.5) is 10.2 Å². The number of carbonyl (C=O) groups is 2. The molecule has 0 spiro atoms. The number of carboxylic acid groups (broad SMARTS) is 1. The van der Waals surface area contributed by atoms with Crippen LogP contribution in [0.2, 0.25) is 0 Å². The van der Waals surface area contributed by atoms with Crippen molar-refractivity contribution in [2.24, 2.45) is 5.92 Å². The van der Waals surface area contributed by atoms with E-state index in [4.69, 9.17) is 4.74 Å². The number of rotatable bonds is 10. The Morgan fingerprint density at radius 3 is 2.97 bits per heavy atom. The smallest absolute Gasteiger partial charge is 0.339 e. The average molecular weight is 492 g/mol. The van der Waals surface area contributed by atoms with E-state index in [0.717, 1.165) is 6.07 Å². The lowest BCUT2D eigenvalue weighted by atomic mass is 10.1. The average Bonchev–Trinajstić information content (AvgIpc) is 3.18. The van der Waals surface area contributed by atoms with E-state index in [1.807, 2.05) is 11.5 Å². The molecule has 0 fully saturated rings. The van der Waals surface area contributed by atoms with Crippen molar-refractivity contribution >= 4 is 34.1 Å². The van der Waals surface area contributed by atoms with E-state index in [1.165, 1.54) is 6.07 Å². The van der Waals surface area contributed by atoms with Crippen molar-refractivity contribution in [2.45, 2.75) is 19.9 Å². The highest BCUT2D eigenvalue weighted by molar-refractivity contribution is 9.10. The summed E-state index contributed by atoms with van der Waals surface area (Å²) in [6.45, 7) is 2.75. The number of pyridine rings is 1. The first-order valence-electron chi connectivity index (χ1n) is 9.29. The Hall–Kier alpha value is -3.34. The summed E-state index contributed by atoms with van der Waals surface area (Å²) in [7, 11) is 0. The molecule has 0 bridgehead atoms. The minimum absolute atomic E-state index is 0.0194. The second-order valence-corrected chi connectivity index (χ2v) is 7.64. The Morgan fingerprint density at radius 1 is 1.42 bits per heavy atom. The summed E-state index contributed by atoms with van der Waals surface area (Å²) in [5, 5.41) is 19.8. The number of hydrogen-bond donors (Lipinski definition) is 2. The van der Waals surface area contributed by atoms with Crippen LogP contribution in [-0.4, -0.2) is 43.8 Å². The van der Waals surface area contributed by atoms with Crippen LogP contribution in [0.1, 0.15) is 23.7 Å². The van der Waals surface area contributed by atoms with Gasteiger partial charge in [-0.3, -0.25) is 4.79 Å². The number of nitrogens with one attached hydrogen (secondary N) is 1. The molecule has 31 heavy (non-hydrogen) atoms. The maximum absolute atomic E-state index is 13.8. The number of aromatic carboxylic acids is 1. The Balaban J connectivity index is 1.63. The zero-order valence-corrected chi connectivity index (χ0v) is 18.0. The van der Waals surface area contributed by atoms with Crippen LogP contribution in [0.25, 0.3) is 11.5 Å². The zero-order chi connectivity index (χ0) is 22.4. The molecule has 1 atom stereocenters. The number of carboxylic acids is 1. The molecule has 9 nitrogen and oxygen atoms in total. The molecule has 0 radical (unpaired) electrons. The SMILES string of the molecule is CC(CCOc1cc(F)c(Br)cc1C(=O)O)Cn1cnnc1-c1cccc(NC=O)n1. The quantitative estimate of drug-likeness (QED) is 0.415. The largest absolute Gasteiger partial charge is 0.493 e. The summed E-state index contributed by atoms with van der Waals surface area (Å²) < 4.78 is 21.2. The van der Waals surface area contributed by atoms with Crippen molar-refractivity contribution in [2.75, 3.05) is 11.9 Å². The number of benzene rings is 1. The predicted molar refractivity (Wildman–Crippen MR) is 113 cm³/mol. The number of nitrogens with zero attached hydrogens (tertiary/aromatic N) is 4. The van der Waals surface area contributed by atoms with E-state index in [-0.39, 0.29) is 28.3 Å². The lowest BCUT2D eigenvalue weighted by molar-refractivity contribution is -0.105.